The van der Waals surface area contributed by atoms with Crippen LogP contribution in [0, 0.1) is 0 Å². The maximum absolute atomic E-state index is 12.2. The highest BCUT2D eigenvalue weighted by molar-refractivity contribution is 6.07. The van der Waals surface area contributed by atoms with Crippen molar-refractivity contribution in [3.63, 3.8) is 0 Å². The third kappa shape index (κ3) is 4.24. The molecule has 0 amide bonds. The lowest BCUT2D eigenvalue weighted by atomic mass is 10.1. The van der Waals surface area contributed by atoms with Crippen molar-refractivity contribution < 1.29 is 9.53 Å². The second-order valence-electron chi connectivity index (χ2n) is 8.23. The fraction of sp³-hybridized carbons (Fsp3) is 0.192. The number of carbonyl (C=O) groups excluding carboxylic acids is 1. The van der Waals surface area contributed by atoms with E-state index in [1.165, 1.54) is 27.9 Å². The average Bonchev–Trinajstić information content (AvgIpc) is 3.04. The molecule has 0 radical (unpaired) electrons. The van der Waals surface area contributed by atoms with Crippen LogP contribution in [0.1, 0.15) is 32.0 Å². The Labute approximate surface area is 171 Å². The standard InChI is InChI=1S/C26H25NO2/c1-26(2,3)29-24(28)16-15-22-17-21-14-13-20-11-7-8-12-23(20)25(21)27(22)18-19-9-5-4-6-10-19/h4-17H,18H2,1-3H3/b16-15+. The van der Waals surface area contributed by atoms with Gasteiger partial charge in [-0.05, 0) is 43.9 Å². The summed E-state index contributed by atoms with van der Waals surface area (Å²) in [6.07, 6.45) is 3.37. The Kier molecular flexibility index (Phi) is 4.98. The van der Waals surface area contributed by atoms with Crippen LogP contribution in [-0.4, -0.2) is 16.1 Å². The molecule has 0 aliphatic heterocycles. The lowest BCUT2D eigenvalue weighted by Gasteiger charge is -2.18. The minimum Gasteiger partial charge on any atom is -0.457 e. The monoisotopic (exact) mass is 383 g/mol. The molecular formula is C26H25NO2. The van der Waals surface area contributed by atoms with Crippen LogP contribution in [0.25, 0.3) is 27.8 Å². The van der Waals surface area contributed by atoms with E-state index in [-0.39, 0.29) is 5.97 Å². The van der Waals surface area contributed by atoms with E-state index in [0.29, 0.717) is 0 Å². The van der Waals surface area contributed by atoms with E-state index < -0.39 is 5.60 Å². The summed E-state index contributed by atoms with van der Waals surface area (Å²) >= 11 is 0. The van der Waals surface area contributed by atoms with Gasteiger partial charge in [-0.3, -0.25) is 0 Å². The van der Waals surface area contributed by atoms with Crippen molar-refractivity contribution in [1.29, 1.82) is 0 Å². The summed E-state index contributed by atoms with van der Waals surface area (Å²) in [4.78, 5) is 12.2. The SMILES string of the molecule is CC(C)(C)OC(=O)/C=C/c1cc2ccc3ccccc3c2n1Cc1ccccc1. The van der Waals surface area contributed by atoms with Crippen LogP contribution in [0.2, 0.25) is 0 Å². The van der Waals surface area contributed by atoms with Crippen molar-refractivity contribution in [3.05, 3.63) is 90.1 Å². The molecule has 0 fully saturated rings. The molecule has 0 atom stereocenters. The number of hydrogen-bond acceptors (Lipinski definition) is 2. The number of aromatic nitrogens is 1. The second kappa shape index (κ2) is 7.59. The highest BCUT2D eigenvalue weighted by Crippen LogP contribution is 2.30. The number of nitrogens with zero attached hydrogens (tertiary/aromatic N) is 1. The van der Waals surface area contributed by atoms with Gasteiger partial charge < -0.3 is 9.30 Å². The highest BCUT2D eigenvalue weighted by atomic mass is 16.6. The van der Waals surface area contributed by atoms with Crippen molar-refractivity contribution in [2.75, 3.05) is 0 Å². The van der Waals surface area contributed by atoms with Crippen LogP contribution in [0.3, 0.4) is 0 Å². The van der Waals surface area contributed by atoms with Gasteiger partial charge in [0.2, 0.25) is 0 Å². The maximum Gasteiger partial charge on any atom is 0.331 e. The van der Waals surface area contributed by atoms with Gasteiger partial charge in [-0.15, -0.1) is 0 Å². The van der Waals surface area contributed by atoms with Crippen LogP contribution in [-0.2, 0) is 16.1 Å². The summed E-state index contributed by atoms with van der Waals surface area (Å²) in [5.74, 6) is -0.334. The minimum absolute atomic E-state index is 0.334. The van der Waals surface area contributed by atoms with Crippen molar-refractivity contribution in [2.24, 2.45) is 0 Å². The third-order valence-corrected chi connectivity index (χ3v) is 4.80. The third-order valence-electron chi connectivity index (χ3n) is 4.80. The zero-order valence-electron chi connectivity index (χ0n) is 17.1. The average molecular weight is 383 g/mol. The normalized spacial score (nSPS) is 12.1. The van der Waals surface area contributed by atoms with E-state index >= 15 is 0 Å². The van der Waals surface area contributed by atoms with Gasteiger partial charge in [0.15, 0.2) is 0 Å². The molecule has 0 aliphatic rings. The van der Waals surface area contributed by atoms with Crippen molar-refractivity contribution >= 4 is 33.7 Å². The smallest absolute Gasteiger partial charge is 0.331 e. The van der Waals surface area contributed by atoms with E-state index in [4.69, 9.17) is 4.74 Å². The van der Waals surface area contributed by atoms with Crippen molar-refractivity contribution in [3.8, 4) is 0 Å². The summed E-state index contributed by atoms with van der Waals surface area (Å²) < 4.78 is 7.70. The largest absolute Gasteiger partial charge is 0.457 e. The molecule has 1 heterocycles. The molecule has 0 aliphatic carbocycles. The van der Waals surface area contributed by atoms with Gasteiger partial charge in [-0.1, -0.05) is 66.7 Å². The zero-order chi connectivity index (χ0) is 20.4. The quantitative estimate of drug-likeness (QED) is 0.310. The number of esters is 1. The molecule has 4 aromatic rings. The van der Waals surface area contributed by atoms with Gasteiger partial charge in [0.05, 0.1) is 5.52 Å². The molecule has 3 heteroatoms. The number of benzene rings is 3. The number of fused-ring (bicyclic) bond motifs is 3. The van der Waals surface area contributed by atoms with E-state index in [2.05, 4.69) is 71.3 Å². The van der Waals surface area contributed by atoms with E-state index in [1.807, 2.05) is 32.9 Å². The van der Waals surface area contributed by atoms with Crippen molar-refractivity contribution in [1.82, 2.24) is 4.57 Å². The molecule has 3 nitrogen and oxygen atoms in total. The lowest BCUT2D eigenvalue weighted by Crippen LogP contribution is -2.22. The molecule has 0 saturated heterocycles. The molecule has 0 spiro atoms. The molecule has 4 rings (SSSR count). The minimum atomic E-state index is -0.506. The molecule has 0 saturated carbocycles. The first-order valence-corrected chi connectivity index (χ1v) is 9.87. The first-order chi connectivity index (χ1) is 13.9. The van der Waals surface area contributed by atoms with Gasteiger partial charge in [0.1, 0.15) is 5.60 Å². The zero-order valence-corrected chi connectivity index (χ0v) is 17.1. The molecule has 0 unspecified atom stereocenters. The van der Waals surface area contributed by atoms with Gasteiger partial charge in [-0.2, -0.15) is 0 Å². The van der Waals surface area contributed by atoms with Crippen LogP contribution < -0.4 is 0 Å². The Hall–Kier alpha value is -3.33. The number of hydrogen-bond donors (Lipinski definition) is 0. The predicted molar refractivity (Wildman–Crippen MR) is 120 cm³/mol. The van der Waals surface area contributed by atoms with Crippen LogP contribution >= 0.6 is 0 Å². The summed E-state index contributed by atoms with van der Waals surface area (Å²) in [7, 11) is 0. The number of ether oxygens (including phenoxy) is 1. The molecule has 3 aromatic carbocycles. The Morgan fingerprint density at radius 1 is 0.931 bits per heavy atom. The Morgan fingerprint density at radius 3 is 2.38 bits per heavy atom. The summed E-state index contributed by atoms with van der Waals surface area (Å²) in [6.45, 7) is 6.35. The van der Waals surface area contributed by atoms with Gasteiger partial charge >= 0.3 is 5.97 Å². The Bertz CT molecular complexity index is 1190. The van der Waals surface area contributed by atoms with E-state index in [9.17, 15) is 4.79 Å². The number of rotatable bonds is 4. The van der Waals surface area contributed by atoms with Crippen LogP contribution in [0.4, 0.5) is 0 Å². The number of carbonyl (C=O) groups is 1. The maximum atomic E-state index is 12.2. The Balaban J connectivity index is 1.84. The first-order valence-electron chi connectivity index (χ1n) is 9.87. The molecule has 146 valence electrons. The second-order valence-corrected chi connectivity index (χ2v) is 8.23. The van der Waals surface area contributed by atoms with Gasteiger partial charge in [0, 0.05) is 29.1 Å². The fourth-order valence-corrected chi connectivity index (χ4v) is 3.62. The van der Waals surface area contributed by atoms with E-state index in [0.717, 1.165) is 17.6 Å². The van der Waals surface area contributed by atoms with Crippen molar-refractivity contribution in [2.45, 2.75) is 32.9 Å². The topological polar surface area (TPSA) is 31.2 Å². The predicted octanol–water partition coefficient (Wildman–Crippen LogP) is 6.20. The Morgan fingerprint density at radius 2 is 1.62 bits per heavy atom. The molecule has 1 aromatic heterocycles. The summed E-state index contributed by atoms with van der Waals surface area (Å²) in [5, 5.41) is 3.57. The van der Waals surface area contributed by atoms with Gasteiger partial charge in [-0.25, -0.2) is 4.79 Å². The lowest BCUT2D eigenvalue weighted by molar-refractivity contribution is -0.148. The first kappa shape index (κ1) is 19.0. The molecule has 29 heavy (non-hydrogen) atoms. The summed E-state index contributed by atoms with van der Waals surface area (Å²) in [6, 6.07) is 25.2. The van der Waals surface area contributed by atoms with Crippen LogP contribution in [0.5, 0.6) is 0 Å². The summed E-state index contributed by atoms with van der Waals surface area (Å²) in [5.41, 5.74) is 2.86. The molecular weight excluding hydrogens is 358 g/mol. The highest BCUT2D eigenvalue weighted by Gasteiger charge is 2.15. The molecule has 0 N–H and O–H groups in total. The van der Waals surface area contributed by atoms with Gasteiger partial charge in [0.25, 0.3) is 0 Å². The fourth-order valence-electron chi connectivity index (χ4n) is 3.62. The van der Waals surface area contributed by atoms with Crippen LogP contribution in [0.15, 0.2) is 78.9 Å². The molecule has 0 bridgehead atoms. The van der Waals surface area contributed by atoms with E-state index in [1.54, 1.807) is 0 Å².